The van der Waals surface area contributed by atoms with Gasteiger partial charge in [0.25, 0.3) is 0 Å². The average molecular weight is 364 g/mol. The number of rotatable bonds is 4. The lowest BCUT2D eigenvalue weighted by Gasteiger charge is -2.16. The summed E-state index contributed by atoms with van der Waals surface area (Å²) in [5, 5.41) is 6.86. The van der Waals surface area contributed by atoms with E-state index in [0.29, 0.717) is 0 Å². The molecule has 1 heterocycles. The van der Waals surface area contributed by atoms with Gasteiger partial charge in [-0.2, -0.15) is 0 Å². The fraction of sp³-hybridized carbons (Fsp3) is 0.176. The van der Waals surface area contributed by atoms with Crippen LogP contribution in [0, 0.1) is 5.82 Å². The minimum absolute atomic E-state index is 0.190. The van der Waals surface area contributed by atoms with Gasteiger partial charge < -0.3 is 5.32 Å². The van der Waals surface area contributed by atoms with Gasteiger partial charge in [-0.15, -0.1) is 11.3 Å². The van der Waals surface area contributed by atoms with E-state index in [-0.39, 0.29) is 11.9 Å². The van der Waals surface area contributed by atoms with Gasteiger partial charge in [-0.25, -0.2) is 4.39 Å². The van der Waals surface area contributed by atoms with Gasteiger partial charge in [-0.05, 0) is 69.5 Å². The van der Waals surface area contributed by atoms with Crippen LogP contribution in [0.5, 0.6) is 0 Å². The Bertz CT molecular complexity index is 751. The van der Waals surface area contributed by atoms with E-state index in [9.17, 15) is 4.39 Å². The minimum atomic E-state index is -0.190. The molecule has 3 rings (SSSR count). The Labute approximate surface area is 135 Å². The Kier molecular flexibility index (Phi) is 4.38. The third-order valence-electron chi connectivity index (χ3n) is 3.66. The van der Waals surface area contributed by atoms with E-state index in [4.69, 9.17) is 0 Å². The summed E-state index contributed by atoms with van der Waals surface area (Å²) in [6, 6.07) is 13.2. The Balaban J connectivity index is 1.95. The van der Waals surface area contributed by atoms with Crippen LogP contribution in [-0.2, 0) is 6.42 Å². The molecule has 0 amide bonds. The third-order valence-corrected chi connectivity index (χ3v) is 5.63. The summed E-state index contributed by atoms with van der Waals surface area (Å²) >= 11 is 5.35. The standard InChI is InChI=1S/C17H15BrFNS/c1-20-16(9-11-5-7-12(19)8-6-11)14-10-21-17-13(14)3-2-4-15(17)18/h2-8,10,16,20H,9H2,1H3. The number of hydrogen-bond acceptors (Lipinski definition) is 2. The number of benzene rings is 2. The highest BCUT2D eigenvalue weighted by atomic mass is 79.9. The first-order chi connectivity index (χ1) is 10.2. The molecule has 0 fully saturated rings. The molecule has 0 spiro atoms. The van der Waals surface area contributed by atoms with Crippen molar-refractivity contribution in [3.05, 3.63) is 69.3 Å². The number of likely N-dealkylation sites (N-methyl/N-ethyl adjacent to an activating group) is 1. The van der Waals surface area contributed by atoms with Gasteiger partial charge >= 0.3 is 0 Å². The zero-order chi connectivity index (χ0) is 14.8. The molecule has 0 aliphatic carbocycles. The third kappa shape index (κ3) is 3.03. The van der Waals surface area contributed by atoms with Crippen molar-refractivity contribution in [3.63, 3.8) is 0 Å². The first-order valence-corrected chi connectivity index (χ1v) is 8.43. The van der Waals surface area contributed by atoms with Crippen LogP contribution in [0.15, 0.2) is 52.3 Å². The molecule has 0 saturated carbocycles. The largest absolute Gasteiger partial charge is 0.313 e. The topological polar surface area (TPSA) is 12.0 Å². The minimum Gasteiger partial charge on any atom is -0.313 e. The zero-order valence-corrected chi connectivity index (χ0v) is 14.0. The normalized spacial score (nSPS) is 12.7. The van der Waals surface area contributed by atoms with Crippen molar-refractivity contribution in [2.75, 3.05) is 7.05 Å². The van der Waals surface area contributed by atoms with Crippen LogP contribution in [0.4, 0.5) is 4.39 Å². The van der Waals surface area contributed by atoms with Crippen molar-refractivity contribution >= 4 is 37.4 Å². The molecule has 0 saturated heterocycles. The fourth-order valence-electron chi connectivity index (χ4n) is 2.54. The molecule has 0 aliphatic rings. The van der Waals surface area contributed by atoms with Gasteiger partial charge in [-0.3, -0.25) is 0 Å². The van der Waals surface area contributed by atoms with E-state index in [1.54, 1.807) is 11.3 Å². The van der Waals surface area contributed by atoms with Gasteiger partial charge in [0.05, 0.1) is 0 Å². The summed E-state index contributed by atoms with van der Waals surface area (Å²) in [7, 11) is 1.97. The maximum absolute atomic E-state index is 13.0. The predicted molar refractivity (Wildman–Crippen MR) is 91.4 cm³/mol. The second-order valence-corrected chi connectivity index (χ2v) is 6.71. The average Bonchev–Trinajstić information content (AvgIpc) is 2.92. The lowest BCUT2D eigenvalue weighted by atomic mass is 9.98. The van der Waals surface area contributed by atoms with Crippen LogP contribution in [0.3, 0.4) is 0 Å². The summed E-state index contributed by atoms with van der Waals surface area (Å²) in [5.74, 6) is -0.190. The summed E-state index contributed by atoms with van der Waals surface area (Å²) in [6.45, 7) is 0. The number of thiophene rings is 1. The molecule has 108 valence electrons. The molecular formula is C17H15BrFNS. The van der Waals surface area contributed by atoms with Crippen molar-refractivity contribution in [3.8, 4) is 0 Å². The fourth-order valence-corrected chi connectivity index (χ4v) is 4.21. The lowest BCUT2D eigenvalue weighted by Crippen LogP contribution is -2.18. The van der Waals surface area contributed by atoms with Gasteiger partial charge in [0.1, 0.15) is 5.82 Å². The maximum Gasteiger partial charge on any atom is 0.123 e. The zero-order valence-electron chi connectivity index (χ0n) is 11.6. The van der Waals surface area contributed by atoms with Crippen LogP contribution in [-0.4, -0.2) is 7.05 Å². The Morgan fingerprint density at radius 3 is 2.67 bits per heavy atom. The van der Waals surface area contributed by atoms with Crippen LogP contribution in [0.1, 0.15) is 17.2 Å². The highest BCUT2D eigenvalue weighted by Crippen LogP contribution is 2.36. The molecule has 1 nitrogen and oxygen atoms in total. The Morgan fingerprint density at radius 2 is 1.95 bits per heavy atom. The predicted octanol–water partition coefficient (Wildman–Crippen LogP) is 5.31. The molecule has 1 unspecified atom stereocenters. The molecule has 0 aliphatic heterocycles. The van der Waals surface area contributed by atoms with E-state index in [2.05, 4.69) is 44.8 Å². The molecule has 0 radical (unpaired) electrons. The van der Waals surface area contributed by atoms with E-state index >= 15 is 0 Å². The second kappa shape index (κ2) is 6.26. The summed E-state index contributed by atoms with van der Waals surface area (Å²) in [6.07, 6.45) is 0.842. The van der Waals surface area contributed by atoms with Gasteiger partial charge in [-0.1, -0.05) is 24.3 Å². The van der Waals surface area contributed by atoms with Crippen LogP contribution >= 0.6 is 27.3 Å². The summed E-state index contributed by atoms with van der Waals surface area (Å²) < 4.78 is 15.4. The number of hydrogen-bond donors (Lipinski definition) is 1. The molecule has 1 aromatic heterocycles. The molecule has 1 N–H and O–H groups in total. The Hall–Kier alpha value is -1.23. The summed E-state index contributed by atoms with van der Waals surface area (Å²) in [5.41, 5.74) is 2.42. The van der Waals surface area contributed by atoms with Crippen molar-refractivity contribution in [1.29, 1.82) is 0 Å². The highest BCUT2D eigenvalue weighted by Gasteiger charge is 2.16. The highest BCUT2D eigenvalue weighted by molar-refractivity contribution is 9.10. The van der Waals surface area contributed by atoms with E-state index in [1.807, 2.05) is 19.2 Å². The number of nitrogens with one attached hydrogen (secondary N) is 1. The van der Waals surface area contributed by atoms with Gasteiger partial charge in [0, 0.05) is 15.2 Å². The van der Waals surface area contributed by atoms with E-state index in [1.165, 1.54) is 27.8 Å². The first kappa shape index (κ1) is 14.7. The van der Waals surface area contributed by atoms with Crippen molar-refractivity contribution < 1.29 is 4.39 Å². The molecule has 1 atom stereocenters. The van der Waals surface area contributed by atoms with Crippen molar-refractivity contribution in [2.45, 2.75) is 12.5 Å². The Morgan fingerprint density at radius 1 is 1.19 bits per heavy atom. The van der Waals surface area contributed by atoms with Crippen LogP contribution in [0.25, 0.3) is 10.1 Å². The van der Waals surface area contributed by atoms with E-state index < -0.39 is 0 Å². The molecule has 0 bridgehead atoms. The smallest absolute Gasteiger partial charge is 0.123 e. The maximum atomic E-state index is 13.0. The number of halogens is 2. The quantitative estimate of drug-likeness (QED) is 0.662. The van der Waals surface area contributed by atoms with Gasteiger partial charge in [0.15, 0.2) is 0 Å². The van der Waals surface area contributed by atoms with Crippen LogP contribution < -0.4 is 5.32 Å². The molecule has 21 heavy (non-hydrogen) atoms. The molecule has 3 aromatic rings. The number of fused-ring (bicyclic) bond motifs is 1. The lowest BCUT2D eigenvalue weighted by molar-refractivity contribution is 0.594. The molecular weight excluding hydrogens is 349 g/mol. The summed E-state index contributed by atoms with van der Waals surface area (Å²) in [4.78, 5) is 0. The molecule has 4 heteroatoms. The monoisotopic (exact) mass is 363 g/mol. The van der Waals surface area contributed by atoms with Crippen molar-refractivity contribution in [2.24, 2.45) is 0 Å². The van der Waals surface area contributed by atoms with Crippen molar-refractivity contribution in [1.82, 2.24) is 5.32 Å². The SMILES string of the molecule is CNC(Cc1ccc(F)cc1)c1csc2c(Br)cccc12. The van der Waals surface area contributed by atoms with Crippen LogP contribution in [0.2, 0.25) is 0 Å². The van der Waals surface area contributed by atoms with Gasteiger partial charge in [0.2, 0.25) is 0 Å². The first-order valence-electron chi connectivity index (χ1n) is 6.76. The second-order valence-electron chi connectivity index (χ2n) is 4.98. The van der Waals surface area contributed by atoms with E-state index in [0.717, 1.165) is 16.5 Å². The molecule has 2 aromatic carbocycles.